The zero-order chi connectivity index (χ0) is 21.7. The van der Waals surface area contributed by atoms with Crippen LogP contribution in [0.15, 0.2) is 54.6 Å². The van der Waals surface area contributed by atoms with Crippen molar-refractivity contribution < 1.29 is 18.8 Å². The number of rotatable bonds is 6. The number of aromatic nitrogens is 1. The molecule has 0 amide bonds. The van der Waals surface area contributed by atoms with Crippen molar-refractivity contribution >= 4 is 28.8 Å². The highest BCUT2D eigenvalue weighted by Crippen LogP contribution is 2.37. The van der Waals surface area contributed by atoms with E-state index in [1.165, 1.54) is 31.2 Å². The van der Waals surface area contributed by atoms with E-state index in [0.29, 0.717) is 11.3 Å². The van der Waals surface area contributed by atoms with Crippen LogP contribution in [0.2, 0.25) is 0 Å². The monoisotopic (exact) mass is 406 g/mol. The van der Waals surface area contributed by atoms with Gasteiger partial charge in [0, 0.05) is 18.7 Å². The molecule has 1 aromatic heterocycles. The van der Waals surface area contributed by atoms with Crippen LogP contribution in [-0.2, 0) is 16.1 Å². The summed E-state index contributed by atoms with van der Waals surface area (Å²) in [7, 11) is 0. The number of nitrogens with one attached hydrogen (secondary N) is 1. The van der Waals surface area contributed by atoms with Gasteiger partial charge in [-0.15, -0.1) is 0 Å². The second-order valence-electron chi connectivity index (χ2n) is 6.20. The summed E-state index contributed by atoms with van der Waals surface area (Å²) < 4.78 is 18.2. The third-order valence-electron chi connectivity index (χ3n) is 4.08. The second kappa shape index (κ2) is 8.79. The molecular formula is C21H15FN4O4. The third kappa shape index (κ3) is 4.74. The Morgan fingerprint density at radius 2 is 1.90 bits per heavy atom. The Hall–Kier alpha value is -4.32. The maximum Gasteiger partial charge on any atom is 0.302 e. The molecule has 1 heterocycles. The van der Waals surface area contributed by atoms with Crippen LogP contribution < -0.4 is 5.32 Å². The van der Waals surface area contributed by atoms with Gasteiger partial charge in [-0.25, -0.2) is 14.2 Å². The molecule has 2 aromatic carbocycles. The maximum atomic E-state index is 13.2. The number of hydrogen-bond acceptors (Lipinski definition) is 6. The first kappa shape index (κ1) is 20.4. The number of ether oxygens (including phenoxy) is 1. The van der Waals surface area contributed by atoms with Gasteiger partial charge in [0.25, 0.3) is 0 Å². The van der Waals surface area contributed by atoms with Crippen molar-refractivity contribution in [2.24, 2.45) is 0 Å². The first-order chi connectivity index (χ1) is 14.4. The molecule has 8 nitrogen and oxygen atoms in total. The lowest BCUT2D eigenvalue weighted by atomic mass is 10.1. The van der Waals surface area contributed by atoms with E-state index in [4.69, 9.17) is 11.3 Å². The molecule has 0 aliphatic rings. The average molecular weight is 406 g/mol. The minimum Gasteiger partial charge on any atom is -0.461 e. The van der Waals surface area contributed by atoms with Gasteiger partial charge >= 0.3 is 11.7 Å². The van der Waals surface area contributed by atoms with Gasteiger partial charge in [0.15, 0.2) is 0 Å². The second-order valence-corrected chi connectivity index (χ2v) is 6.20. The first-order valence-corrected chi connectivity index (χ1v) is 8.69. The molecule has 30 heavy (non-hydrogen) atoms. The topological polar surface area (TPSA) is 98.7 Å². The fourth-order valence-electron chi connectivity index (χ4n) is 2.64. The molecule has 0 spiro atoms. The van der Waals surface area contributed by atoms with E-state index in [1.54, 1.807) is 24.3 Å². The Morgan fingerprint density at radius 1 is 1.23 bits per heavy atom. The van der Waals surface area contributed by atoms with E-state index in [9.17, 15) is 19.3 Å². The fourth-order valence-corrected chi connectivity index (χ4v) is 2.64. The van der Waals surface area contributed by atoms with Gasteiger partial charge in [-0.3, -0.25) is 14.9 Å². The highest BCUT2D eigenvalue weighted by Gasteiger charge is 2.21. The zero-order valence-corrected chi connectivity index (χ0v) is 15.8. The van der Waals surface area contributed by atoms with Crippen LogP contribution in [0, 0.1) is 22.5 Å². The largest absolute Gasteiger partial charge is 0.461 e. The molecule has 0 saturated carbocycles. The van der Waals surface area contributed by atoms with Crippen LogP contribution in [0.3, 0.4) is 0 Å². The van der Waals surface area contributed by atoms with Crippen molar-refractivity contribution in [1.29, 1.82) is 0 Å². The fraction of sp³-hybridized carbons (Fsp3) is 0.0952. The van der Waals surface area contributed by atoms with Crippen LogP contribution in [-0.4, -0.2) is 15.9 Å². The number of nitro groups is 1. The van der Waals surface area contributed by atoms with E-state index in [2.05, 4.69) is 15.1 Å². The van der Waals surface area contributed by atoms with Crippen LogP contribution in [0.5, 0.6) is 0 Å². The van der Waals surface area contributed by atoms with E-state index in [1.807, 2.05) is 0 Å². The Labute approximate surface area is 170 Å². The quantitative estimate of drug-likeness (QED) is 0.263. The Bertz CT molecular complexity index is 1140. The Balaban J connectivity index is 1.97. The SMILES string of the molecule is [C-]#[N+]c1cc([N+](=O)[O-])c(Nc2ccc(COC(C)=O)cc2)nc1-c1ccc(F)cc1. The van der Waals surface area contributed by atoms with E-state index in [-0.39, 0.29) is 29.5 Å². The Morgan fingerprint density at radius 3 is 2.47 bits per heavy atom. The lowest BCUT2D eigenvalue weighted by Crippen LogP contribution is -2.02. The van der Waals surface area contributed by atoms with Crippen LogP contribution >= 0.6 is 0 Å². The van der Waals surface area contributed by atoms with Gasteiger partial charge in [0.05, 0.1) is 17.2 Å². The van der Waals surface area contributed by atoms with Crippen molar-refractivity contribution in [3.8, 4) is 11.3 Å². The van der Waals surface area contributed by atoms with Crippen LogP contribution in [0.25, 0.3) is 16.1 Å². The molecule has 1 N–H and O–H groups in total. The van der Waals surface area contributed by atoms with Crippen molar-refractivity contribution in [3.05, 3.63) is 87.5 Å². The molecule has 0 saturated heterocycles. The molecule has 9 heteroatoms. The van der Waals surface area contributed by atoms with Crippen LogP contribution in [0.1, 0.15) is 12.5 Å². The number of carbonyl (C=O) groups is 1. The molecule has 0 unspecified atom stereocenters. The van der Waals surface area contributed by atoms with E-state index in [0.717, 1.165) is 11.6 Å². The molecular weight excluding hydrogens is 391 g/mol. The predicted molar refractivity (Wildman–Crippen MR) is 108 cm³/mol. The lowest BCUT2D eigenvalue weighted by Gasteiger charge is -2.11. The van der Waals surface area contributed by atoms with E-state index >= 15 is 0 Å². The summed E-state index contributed by atoms with van der Waals surface area (Å²) >= 11 is 0. The number of pyridine rings is 1. The molecule has 0 aliphatic carbocycles. The maximum absolute atomic E-state index is 13.2. The van der Waals surface area contributed by atoms with Gasteiger partial charge < -0.3 is 10.1 Å². The van der Waals surface area contributed by atoms with Crippen LogP contribution in [0.4, 0.5) is 27.3 Å². The van der Waals surface area contributed by atoms with Crippen molar-refractivity contribution in [3.63, 3.8) is 0 Å². The number of carbonyl (C=O) groups excluding carboxylic acids is 1. The van der Waals surface area contributed by atoms with Gasteiger partial charge in [-0.1, -0.05) is 24.3 Å². The predicted octanol–water partition coefficient (Wildman–Crippen LogP) is 5.15. The molecule has 0 aliphatic heterocycles. The van der Waals surface area contributed by atoms with Crippen molar-refractivity contribution in [2.75, 3.05) is 5.32 Å². The summed E-state index contributed by atoms with van der Waals surface area (Å²) in [6, 6.07) is 13.2. The van der Waals surface area contributed by atoms with Gasteiger partial charge in [-0.05, 0) is 35.4 Å². The number of halogens is 1. The number of esters is 1. The van der Waals surface area contributed by atoms with Gasteiger partial charge in [-0.2, -0.15) is 0 Å². The highest BCUT2D eigenvalue weighted by molar-refractivity contribution is 5.81. The number of nitrogens with zero attached hydrogens (tertiary/aromatic N) is 3. The van der Waals surface area contributed by atoms with Gasteiger partial charge in [0.2, 0.25) is 11.5 Å². The molecule has 3 aromatic rings. The number of hydrogen-bond donors (Lipinski definition) is 1. The standard InChI is InChI=1S/C21H15FN4O4/c1-13(27)30-12-14-3-9-17(10-4-14)24-21-19(26(28)29)11-18(23-2)20(25-21)15-5-7-16(22)8-6-15/h3-11H,12H2,1H3,(H,24,25). The summed E-state index contributed by atoms with van der Waals surface area (Å²) in [6.45, 7) is 8.76. The van der Waals surface area contributed by atoms with Crippen molar-refractivity contribution in [1.82, 2.24) is 4.98 Å². The summed E-state index contributed by atoms with van der Waals surface area (Å²) in [5.74, 6) is -0.901. The number of anilines is 2. The Kier molecular flexibility index (Phi) is 5.98. The summed E-state index contributed by atoms with van der Waals surface area (Å²) in [4.78, 5) is 29.4. The lowest BCUT2D eigenvalue weighted by molar-refractivity contribution is -0.384. The van der Waals surface area contributed by atoms with Gasteiger partial charge in [0.1, 0.15) is 12.4 Å². The normalized spacial score (nSPS) is 10.2. The number of benzene rings is 2. The summed E-state index contributed by atoms with van der Waals surface area (Å²) in [6.07, 6.45) is 0. The first-order valence-electron chi connectivity index (χ1n) is 8.69. The summed E-state index contributed by atoms with van der Waals surface area (Å²) in [5, 5.41) is 14.4. The molecule has 3 rings (SSSR count). The molecule has 0 atom stereocenters. The average Bonchev–Trinajstić information content (AvgIpc) is 2.73. The summed E-state index contributed by atoms with van der Waals surface area (Å²) in [5.41, 5.74) is 1.53. The highest BCUT2D eigenvalue weighted by atomic mass is 19.1. The minimum atomic E-state index is -0.631. The molecule has 0 fully saturated rings. The van der Waals surface area contributed by atoms with E-state index < -0.39 is 16.7 Å². The van der Waals surface area contributed by atoms with Crippen molar-refractivity contribution in [2.45, 2.75) is 13.5 Å². The molecule has 0 radical (unpaired) electrons. The smallest absolute Gasteiger partial charge is 0.302 e. The minimum absolute atomic E-state index is 0.0180. The zero-order valence-electron chi connectivity index (χ0n) is 15.8. The third-order valence-corrected chi connectivity index (χ3v) is 4.08. The molecule has 150 valence electrons. The molecule has 0 bridgehead atoms.